The van der Waals surface area contributed by atoms with Gasteiger partial charge >= 0.3 is 6.61 Å². The van der Waals surface area contributed by atoms with E-state index in [1.807, 2.05) is 0 Å². The minimum absolute atomic E-state index is 0.115. The molecule has 7 nitrogen and oxygen atoms in total. The summed E-state index contributed by atoms with van der Waals surface area (Å²) in [6.45, 7) is -2.92. The molecule has 1 fully saturated rings. The van der Waals surface area contributed by atoms with Gasteiger partial charge in [0.05, 0.1) is 12.8 Å². The average Bonchev–Trinajstić information content (AvgIpc) is 3.31. The standard InChI is InChI=1S/C17H18F2N2O5S/c18-17(19)26-14-7-1-2-8-15(14)27(23,24)21-9-3-6-13(21)16(22)20-11-12-5-4-10-25-12/h1-2,4-5,7-8,10,13,17H,3,6,9,11H2,(H,20,22). The number of benzene rings is 1. The number of carbonyl (C=O) groups excluding carboxylic acids is 1. The summed E-state index contributed by atoms with van der Waals surface area (Å²) in [5.41, 5.74) is 0. The third-order valence-corrected chi connectivity index (χ3v) is 6.12. The van der Waals surface area contributed by atoms with E-state index in [0.29, 0.717) is 18.6 Å². The Morgan fingerprint density at radius 2 is 2.07 bits per heavy atom. The molecule has 27 heavy (non-hydrogen) atoms. The lowest BCUT2D eigenvalue weighted by Crippen LogP contribution is -2.45. The number of nitrogens with one attached hydrogen (secondary N) is 1. The first-order valence-electron chi connectivity index (χ1n) is 8.25. The second kappa shape index (κ2) is 8.05. The Labute approximate surface area is 155 Å². The largest absolute Gasteiger partial charge is 0.467 e. The first kappa shape index (κ1) is 19.3. The van der Waals surface area contributed by atoms with Crippen LogP contribution in [0, 0.1) is 0 Å². The van der Waals surface area contributed by atoms with Crippen molar-refractivity contribution in [2.75, 3.05) is 6.54 Å². The summed E-state index contributed by atoms with van der Waals surface area (Å²) in [7, 11) is -4.19. The molecule has 0 radical (unpaired) electrons. The third-order valence-electron chi connectivity index (χ3n) is 4.18. The molecule has 0 bridgehead atoms. The number of hydrogen-bond acceptors (Lipinski definition) is 5. The molecule has 146 valence electrons. The zero-order valence-electron chi connectivity index (χ0n) is 14.2. The fourth-order valence-corrected chi connectivity index (χ4v) is 4.76. The lowest BCUT2D eigenvalue weighted by Gasteiger charge is -2.24. The number of alkyl halides is 2. The van der Waals surface area contributed by atoms with Crippen LogP contribution < -0.4 is 10.1 Å². The Morgan fingerprint density at radius 3 is 2.78 bits per heavy atom. The fraction of sp³-hybridized carbons (Fsp3) is 0.353. The van der Waals surface area contributed by atoms with E-state index in [9.17, 15) is 22.0 Å². The number of hydrogen-bond donors (Lipinski definition) is 1. The van der Waals surface area contributed by atoms with Crippen molar-refractivity contribution in [2.24, 2.45) is 0 Å². The average molecular weight is 400 g/mol. The normalized spacial score (nSPS) is 18.0. The van der Waals surface area contributed by atoms with Gasteiger partial charge in [0, 0.05) is 6.54 Å². The predicted molar refractivity (Wildman–Crippen MR) is 90.5 cm³/mol. The van der Waals surface area contributed by atoms with E-state index < -0.39 is 39.2 Å². The quantitative estimate of drug-likeness (QED) is 0.771. The highest BCUT2D eigenvalue weighted by Gasteiger charge is 2.40. The predicted octanol–water partition coefficient (Wildman–Crippen LogP) is 2.35. The number of amides is 1. The van der Waals surface area contributed by atoms with E-state index in [4.69, 9.17) is 4.42 Å². The Bertz CT molecular complexity index is 886. The van der Waals surface area contributed by atoms with E-state index in [0.717, 1.165) is 10.4 Å². The van der Waals surface area contributed by atoms with Gasteiger partial charge in [0.2, 0.25) is 15.9 Å². The molecule has 10 heteroatoms. The van der Waals surface area contributed by atoms with Crippen LogP contribution in [-0.2, 0) is 21.4 Å². The summed E-state index contributed by atoms with van der Waals surface area (Å²) in [6, 6.07) is 7.57. The Morgan fingerprint density at radius 1 is 1.30 bits per heavy atom. The van der Waals surface area contributed by atoms with Crippen LogP contribution in [0.2, 0.25) is 0 Å². The molecule has 1 aliphatic rings. The number of ether oxygens (including phenoxy) is 1. The summed E-state index contributed by atoms with van der Waals surface area (Å²) >= 11 is 0. The number of carbonyl (C=O) groups is 1. The highest BCUT2D eigenvalue weighted by molar-refractivity contribution is 7.89. The molecule has 1 atom stereocenters. The summed E-state index contributed by atoms with van der Waals surface area (Å²) in [5.74, 6) is -0.389. The number of para-hydroxylation sites is 1. The van der Waals surface area contributed by atoms with Crippen LogP contribution in [0.4, 0.5) is 8.78 Å². The second-order valence-electron chi connectivity index (χ2n) is 5.90. The van der Waals surface area contributed by atoms with Gasteiger partial charge in [0.25, 0.3) is 0 Å². The summed E-state index contributed by atoms with van der Waals surface area (Å²) < 4.78 is 61.7. The van der Waals surface area contributed by atoms with E-state index in [1.54, 1.807) is 12.1 Å². The first-order valence-corrected chi connectivity index (χ1v) is 9.69. The molecule has 1 amide bonds. The number of furan rings is 1. The Kier molecular flexibility index (Phi) is 5.76. The first-order chi connectivity index (χ1) is 12.9. The molecule has 2 heterocycles. The lowest BCUT2D eigenvalue weighted by atomic mass is 10.2. The minimum atomic E-state index is -4.19. The van der Waals surface area contributed by atoms with Crippen LogP contribution in [-0.4, -0.2) is 37.8 Å². The molecule has 0 saturated carbocycles. The third kappa shape index (κ3) is 4.28. The second-order valence-corrected chi connectivity index (χ2v) is 7.76. The van der Waals surface area contributed by atoms with Crippen LogP contribution in [0.3, 0.4) is 0 Å². The van der Waals surface area contributed by atoms with E-state index in [1.165, 1.54) is 24.5 Å². The monoisotopic (exact) mass is 400 g/mol. The molecule has 1 aromatic heterocycles. The van der Waals surface area contributed by atoms with E-state index in [-0.39, 0.29) is 13.1 Å². The molecular weight excluding hydrogens is 382 g/mol. The molecule has 1 N–H and O–H groups in total. The van der Waals surface area contributed by atoms with Gasteiger partial charge in [0.15, 0.2) is 0 Å². The van der Waals surface area contributed by atoms with Crippen molar-refractivity contribution in [3.63, 3.8) is 0 Å². The number of sulfonamides is 1. The van der Waals surface area contributed by atoms with Crippen molar-refractivity contribution in [3.8, 4) is 5.75 Å². The van der Waals surface area contributed by atoms with Crippen LogP contribution >= 0.6 is 0 Å². The Balaban J connectivity index is 1.80. The van der Waals surface area contributed by atoms with Gasteiger partial charge < -0.3 is 14.5 Å². The topological polar surface area (TPSA) is 88.9 Å². The van der Waals surface area contributed by atoms with E-state index >= 15 is 0 Å². The molecule has 1 saturated heterocycles. The van der Waals surface area contributed by atoms with Crippen molar-refractivity contribution in [3.05, 3.63) is 48.4 Å². The molecule has 1 unspecified atom stereocenters. The van der Waals surface area contributed by atoms with Crippen LogP contribution in [0.5, 0.6) is 5.75 Å². The van der Waals surface area contributed by atoms with Crippen molar-refractivity contribution in [2.45, 2.75) is 36.9 Å². The lowest BCUT2D eigenvalue weighted by molar-refractivity contribution is -0.124. The highest BCUT2D eigenvalue weighted by Crippen LogP contribution is 2.32. The van der Waals surface area contributed by atoms with Gasteiger partial charge in [-0.1, -0.05) is 12.1 Å². The fourth-order valence-electron chi connectivity index (χ4n) is 2.98. The van der Waals surface area contributed by atoms with Crippen molar-refractivity contribution in [1.82, 2.24) is 9.62 Å². The zero-order valence-corrected chi connectivity index (χ0v) is 15.0. The summed E-state index contributed by atoms with van der Waals surface area (Å²) in [4.78, 5) is 12.1. The maximum atomic E-state index is 13.0. The van der Waals surface area contributed by atoms with Gasteiger partial charge in [-0.2, -0.15) is 13.1 Å². The summed E-state index contributed by atoms with van der Waals surface area (Å²) in [5, 5.41) is 2.64. The maximum absolute atomic E-state index is 13.0. The maximum Gasteiger partial charge on any atom is 0.387 e. The number of halogens is 2. The van der Waals surface area contributed by atoms with Crippen molar-refractivity contribution in [1.29, 1.82) is 0 Å². The van der Waals surface area contributed by atoms with Gasteiger partial charge in [-0.05, 0) is 37.1 Å². The van der Waals surface area contributed by atoms with E-state index in [2.05, 4.69) is 10.1 Å². The number of rotatable bonds is 7. The minimum Gasteiger partial charge on any atom is -0.467 e. The van der Waals surface area contributed by atoms with Gasteiger partial charge in [0.1, 0.15) is 22.4 Å². The van der Waals surface area contributed by atoms with Crippen molar-refractivity contribution < 1.29 is 31.1 Å². The van der Waals surface area contributed by atoms with Crippen LogP contribution in [0.15, 0.2) is 52.0 Å². The molecule has 1 aliphatic heterocycles. The van der Waals surface area contributed by atoms with Gasteiger partial charge in [-0.3, -0.25) is 4.79 Å². The zero-order chi connectivity index (χ0) is 19.4. The molecule has 1 aromatic carbocycles. The van der Waals surface area contributed by atoms with Crippen molar-refractivity contribution >= 4 is 15.9 Å². The highest BCUT2D eigenvalue weighted by atomic mass is 32.2. The smallest absolute Gasteiger partial charge is 0.387 e. The summed E-state index contributed by atoms with van der Waals surface area (Å²) in [6.07, 6.45) is 2.28. The number of nitrogens with zero attached hydrogens (tertiary/aromatic N) is 1. The molecule has 0 spiro atoms. The van der Waals surface area contributed by atoms with Gasteiger partial charge in [-0.15, -0.1) is 0 Å². The molecule has 0 aliphatic carbocycles. The van der Waals surface area contributed by atoms with Crippen LogP contribution in [0.1, 0.15) is 18.6 Å². The van der Waals surface area contributed by atoms with Crippen LogP contribution in [0.25, 0.3) is 0 Å². The molecule has 2 aromatic rings. The SMILES string of the molecule is O=C(NCc1ccco1)C1CCCN1S(=O)(=O)c1ccccc1OC(F)F. The molecular formula is C17H18F2N2O5S. The van der Waals surface area contributed by atoms with Gasteiger partial charge in [-0.25, -0.2) is 8.42 Å². The Hall–Kier alpha value is -2.46. The molecule has 3 rings (SSSR count).